The van der Waals surface area contributed by atoms with Crippen LogP contribution in [-0.2, 0) is 11.3 Å². The number of carbonyl (C=O) groups excluding carboxylic acids is 1. The average molecular weight is 517 g/mol. The summed E-state index contributed by atoms with van der Waals surface area (Å²) in [6.07, 6.45) is 3.97. The standard InChI is InChI=1S/C27H21BrN2O2S/c1-2-32-27(31)25-22-8-4-6-10-24(22)33-26(25)29-15-19-17-30(23-9-5-3-7-21(19)23)16-18-11-13-20(28)14-12-18/h3-15,17H,2,16H2,1H3. The molecule has 4 nitrogen and oxygen atoms in total. The Labute approximate surface area is 204 Å². The summed E-state index contributed by atoms with van der Waals surface area (Å²) in [7, 11) is 0. The molecule has 0 amide bonds. The van der Waals surface area contributed by atoms with Crippen LogP contribution in [0.3, 0.4) is 0 Å². The van der Waals surface area contributed by atoms with E-state index >= 15 is 0 Å². The molecule has 33 heavy (non-hydrogen) atoms. The molecule has 0 spiro atoms. The summed E-state index contributed by atoms with van der Waals surface area (Å²) < 4.78 is 9.64. The molecule has 164 valence electrons. The smallest absolute Gasteiger partial charge is 0.341 e. The summed E-state index contributed by atoms with van der Waals surface area (Å²) in [5.41, 5.74) is 3.91. The van der Waals surface area contributed by atoms with Crippen LogP contribution in [0.4, 0.5) is 5.00 Å². The van der Waals surface area contributed by atoms with Gasteiger partial charge in [-0.2, -0.15) is 0 Å². The number of aromatic nitrogens is 1. The van der Waals surface area contributed by atoms with Crippen molar-refractivity contribution in [3.8, 4) is 0 Å². The summed E-state index contributed by atoms with van der Waals surface area (Å²) in [6, 6.07) is 24.5. The molecule has 0 unspecified atom stereocenters. The zero-order valence-corrected chi connectivity index (χ0v) is 20.4. The van der Waals surface area contributed by atoms with Crippen molar-refractivity contribution in [2.24, 2.45) is 4.99 Å². The number of carbonyl (C=O) groups is 1. The first-order valence-corrected chi connectivity index (χ1v) is 12.3. The molecular weight excluding hydrogens is 496 g/mol. The third-order valence-corrected chi connectivity index (χ3v) is 7.07. The first kappa shape index (κ1) is 21.6. The molecule has 0 aliphatic carbocycles. The lowest BCUT2D eigenvalue weighted by Gasteiger charge is -2.05. The van der Waals surface area contributed by atoms with Gasteiger partial charge in [0.1, 0.15) is 10.6 Å². The van der Waals surface area contributed by atoms with Crippen molar-refractivity contribution in [1.29, 1.82) is 0 Å². The molecule has 0 aliphatic rings. The monoisotopic (exact) mass is 516 g/mol. The molecule has 5 rings (SSSR count). The molecule has 0 radical (unpaired) electrons. The van der Waals surface area contributed by atoms with Crippen LogP contribution in [0.15, 0.2) is 88.5 Å². The summed E-state index contributed by atoms with van der Waals surface area (Å²) >= 11 is 5.00. The van der Waals surface area contributed by atoms with Crippen molar-refractivity contribution >= 4 is 65.4 Å². The molecule has 6 heteroatoms. The van der Waals surface area contributed by atoms with Gasteiger partial charge < -0.3 is 9.30 Å². The van der Waals surface area contributed by atoms with Gasteiger partial charge in [-0.25, -0.2) is 9.79 Å². The van der Waals surface area contributed by atoms with Crippen LogP contribution in [0.25, 0.3) is 21.0 Å². The van der Waals surface area contributed by atoms with Crippen LogP contribution in [0.2, 0.25) is 0 Å². The van der Waals surface area contributed by atoms with E-state index < -0.39 is 0 Å². The van der Waals surface area contributed by atoms with Gasteiger partial charge in [-0.3, -0.25) is 0 Å². The van der Waals surface area contributed by atoms with Crippen molar-refractivity contribution < 1.29 is 9.53 Å². The third-order valence-electron chi connectivity index (χ3n) is 5.46. The molecule has 0 N–H and O–H groups in total. The molecule has 3 aromatic carbocycles. The zero-order valence-electron chi connectivity index (χ0n) is 18.0. The second kappa shape index (κ2) is 9.33. The normalized spacial score (nSPS) is 11.6. The lowest BCUT2D eigenvalue weighted by Crippen LogP contribution is -2.03. The van der Waals surface area contributed by atoms with E-state index in [1.54, 1.807) is 0 Å². The minimum atomic E-state index is -0.334. The van der Waals surface area contributed by atoms with Gasteiger partial charge in [0.15, 0.2) is 0 Å². The number of thiophene rings is 1. The fraction of sp³-hybridized carbons (Fsp3) is 0.111. The Hall–Kier alpha value is -3.22. The van der Waals surface area contributed by atoms with Crippen molar-refractivity contribution in [3.63, 3.8) is 0 Å². The first-order valence-electron chi connectivity index (χ1n) is 10.7. The largest absolute Gasteiger partial charge is 0.462 e. The highest BCUT2D eigenvalue weighted by Crippen LogP contribution is 2.38. The highest BCUT2D eigenvalue weighted by Gasteiger charge is 2.19. The van der Waals surface area contributed by atoms with Crippen LogP contribution in [0.5, 0.6) is 0 Å². The minimum absolute atomic E-state index is 0.329. The number of para-hydroxylation sites is 1. The van der Waals surface area contributed by atoms with E-state index in [0.717, 1.165) is 37.6 Å². The molecule has 0 atom stereocenters. The molecule has 2 heterocycles. The van der Waals surface area contributed by atoms with Crippen LogP contribution in [0, 0.1) is 0 Å². The molecule has 2 aromatic heterocycles. The van der Waals surface area contributed by atoms with Crippen molar-refractivity contribution in [2.45, 2.75) is 13.5 Å². The highest BCUT2D eigenvalue weighted by atomic mass is 79.9. The Balaban J connectivity index is 1.55. The van der Waals surface area contributed by atoms with Gasteiger partial charge in [-0.15, -0.1) is 11.3 Å². The van der Waals surface area contributed by atoms with Crippen LogP contribution >= 0.6 is 27.3 Å². The maximum absolute atomic E-state index is 12.7. The summed E-state index contributed by atoms with van der Waals surface area (Å²) in [5.74, 6) is -0.334. The van der Waals surface area contributed by atoms with Gasteiger partial charge in [0.2, 0.25) is 0 Å². The number of benzene rings is 3. The number of esters is 1. The Kier molecular flexibility index (Phi) is 6.11. The SMILES string of the molecule is CCOC(=O)c1c(N=Cc2cn(Cc3ccc(Br)cc3)c3ccccc23)sc2ccccc12. The Bertz CT molecular complexity index is 1480. The van der Waals surface area contributed by atoms with Crippen LogP contribution in [0.1, 0.15) is 28.4 Å². The number of rotatable bonds is 6. The Morgan fingerprint density at radius 3 is 2.55 bits per heavy atom. The van der Waals surface area contributed by atoms with E-state index in [4.69, 9.17) is 9.73 Å². The quantitative estimate of drug-likeness (QED) is 0.172. The van der Waals surface area contributed by atoms with E-state index in [9.17, 15) is 4.79 Å². The van der Waals surface area contributed by atoms with Crippen LogP contribution in [-0.4, -0.2) is 23.4 Å². The maximum atomic E-state index is 12.7. The molecule has 0 saturated heterocycles. The van der Waals surface area contributed by atoms with Crippen molar-refractivity contribution in [1.82, 2.24) is 4.57 Å². The second-order valence-corrected chi connectivity index (χ2v) is 9.56. The lowest BCUT2D eigenvalue weighted by atomic mass is 10.1. The van der Waals surface area contributed by atoms with Gasteiger partial charge in [-0.05, 0) is 36.8 Å². The molecule has 0 aliphatic heterocycles. The topological polar surface area (TPSA) is 43.6 Å². The van der Waals surface area contributed by atoms with Gasteiger partial charge in [-0.1, -0.05) is 64.5 Å². The molecular formula is C27H21BrN2O2S. The number of ether oxygens (including phenoxy) is 1. The number of nitrogens with zero attached hydrogens (tertiary/aromatic N) is 2. The fourth-order valence-electron chi connectivity index (χ4n) is 3.95. The summed E-state index contributed by atoms with van der Waals surface area (Å²) in [5, 5.41) is 2.67. The molecule has 5 aromatic rings. The number of hydrogen-bond acceptors (Lipinski definition) is 4. The van der Waals surface area contributed by atoms with Gasteiger partial charge in [0.25, 0.3) is 0 Å². The third kappa shape index (κ3) is 4.36. The Morgan fingerprint density at radius 2 is 1.76 bits per heavy atom. The molecule has 0 bridgehead atoms. The summed E-state index contributed by atoms with van der Waals surface area (Å²) in [6.45, 7) is 2.91. The van der Waals surface area contributed by atoms with E-state index in [0.29, 0.717) is 17.2 Å². The Morgan fingerprint density at radius 1 is 1.03 bits per heavy atom. The van der Waals surface area contributed by atoms with Gasteiger partial charge >= 0.3 is 5.97 Å². The second-order valence-electron chi connectivity index (χ2n) is 7.61. The average Bonchev–Trinajstić information content (AvgIpc) is 3.37. The predicted molar refractivity (Wildman–Crippen MR) is 140 cm³/mol. The first-order chi connectivity index (χ1) is 16.1. The molecule has 0 fully saturated rings. The number of aliphatic imine (C=N–C) groups is 1. The van der Waals surface area contributed by atoms with E-state index in [2.05, 4.69) is 63.1 Å². The summed E-state index contributed by atoms with van der Waals surface area (Å²) in [4.78, 5) is 17.5. The van der Waals surface area contributed by atoms with Crippen molar-refractivity contribution in [2.75, 3.05) is 6.61 Å². The predicted octanol–water partition coefficient (Wildman–Crippen LogP) is 7.59. The fourth-order valence-corrected chi connectivity index (χ4v) is 5.25. The van der Waals surface area contributed by atoms with Gasteiger partial charge in [0.05, 0.1) is 6.61 Å². The van der Waals surface area contributed by atoms with E-state index in [1.807, 2.05) is 49.5 Å². The van der Waals surface area contributed by atoms with Crippen LogP contribution < -0.4 is 0 Å². The minimum Gasteiger partial charge on any atom is -0.462 e. The lowest BCUT2D eigenvalue weighted by molar-refractivity contribution is 0.0530. The number of halogens is 1. The number of fused-ring (bicyclic) bond motifs is 2. The van der Waals surface area contributed by atoms with E-state index in [1.165, 1.54) is 16.9 Å². The van der Waals surface area contributed by atoms with Gasteiger partial charge in [0, 0.05) is 50.0 Å². The highest BCUT2D eigenvalue weighted by molar-refractivity contribution is 9.10. The molecule has 0 saturated carbocycles. The maximum Gasteiger partial charge on any atom is 0.341 e. The number of hydrogen-bond donors (Lipinski definition) is 0. The zero-order chi connectivity index (χ0) is 22.8. The van der Waals surface area contributed by atoms with Crippen molar-refractivity contribution in [3.05, 3.63) is 100 Å². The van der Waals surface area contributed by atoms with E-state index in [-0.39, 0.29) is 5.97 Å².